The minimum atomic E-state index is -4.94. The van der Waals surface area contributed by atoms with Crippen LogP contribution in [0.2, 0.25) is 0 Å². The summed E-state index contributed by atoms with van der Waals surface area (Å²) in [5.41, 5.74) is 0. The highest BCUT2D eigenvalue weighted by atomic mass is 35.7. The van der Waals surface area contributed by atoms with Gasteiger partial charge in [0.05, 0.1) is 6.54 Å². The van der Waals surface area contributed by atoms with Gasteiger partial charge in [-0.05, 0) is 25.8 Å². The van der Waals surface area contributed by atoms with E-state index in [-0.39, 0.29) is 0 Å². The summed E-state index contributed by atoms with van der Waals surface area (Å²) in [6.07, 6.45) is 11.8. The Kier molecular flexibility index (Phi) is 7.42. The van der Waals surface area contributed by atoms with Crippen molar-refractivity contribution in [3.05, 3.63) is 18.7 Å². The van der Waals surface area contributed by atoms with Crippen LogP contribution in [0.3, 0.4) is 0 Å². The van der Waals surface area contributed by atoms with Crippen LogP contribution in [0.5, 0.6) is 0 Å². The Morgan fingerprint density at radius 1 is 1.35 bits per heavy atom. The van der Waals surface area contributed by atoms with Crippen molar-refractivity contribution in [1.82, 2.24) is 9.88 Å². The van der Waals surface area contributed by atoms with Crippen LogP contribution in [0.25, 0.3) is 0 Å². The van der Waals surface area contributed by atoms with E-state index in [0.717, 1.165) is 13.1 Å². The first-order valence-corrected chi connectivity index (χ1v) is 8.02. The molecule has 0 radical (unpaired) electrons. The number of imidazole rings is 1. The van der Waals surface area contributed by atoms with Crippen LogP contribution in [0.15, 0.2) is 18.7 Å². The maximum atomic E-state index is 8.49. The quantitative estimate of drug-likeness (QED) is 0.569. The molecule has 2 heterocycles. The second-order valence-electron chi connectivity index (χ2n) is 4.87. The summed E-state index contributed by atoms with van der Waals surface area (Å²) in [4.78, 5) is 0. The second-order valence-corrected chi connectivity index (χ2v) is 5.63. The lowest BCUT2D eigenvalue weighted by Gasteiger charge is -2.17. The summed E-state index contributed by atoms with van der Waals surface area (Å²) in [7, 11) is -4.94. The van der Waals surface area contributed by atoms with E-state index in [1.54, 1.807) is 0 Å². The molecule has 1 N–H and O–H groups in total. The van der Waals surface area contributed by atoms with Crippen molar-refractivity contribution in [3.8, 4) is 0 Å². The van der Waals surface area contributed by atoms with E-state index in [9.17, 15) is 0 Å². The van der Waals surface area contributed by atoms with E-state index in [0.29, 0.717) is 6.04 Å². The summed E-state index contributed by atoms with van der Waals surface area (Å²) >= 11 is 0. The molecule has 116 valence electrons. The Morgan fingerprint density at radius 3 is 2.60 bits per heavy atom. The lowest BCUT2D eigenvalue weighted by atomic mass is 10.2. The van der Waals surface area contributed by atoms with Crippen molar-refractivity contribution < 1.29 is 33.4 Å². The van der Waals surface area contributed by atoms with E-state index in [4.69, 9.17) is 18.6 Å². The van der Waals surface area contributed by atoms with E-state index in [1.807, 2.05) is 0 Å². The third-order valence-corrected chi connectivity index (χ3v) is 3.11. The van der Waals surface area contributed by atoms with Crippen LogP contribution >= 0.6 is 0 Å². The van der Waals surface area contributed by atoms with E-state index >= 15 is 0 Å². The summed E-state index contributed by atoms with van der Waals surface area (Å²) < 4.78 is 38.6. The number of aryl methyl sites for hydroxylation is 1. The van der Waals surface area contributed by atoms with Gasteiger partial charge in [0.25, 0.3) is 0 Å². The standard InChI is InChI=1S/C12H22N3.ClHO4/c1-2-3-7-14-8-9-15(11-14)10-12-5-4-6-13-12;2-1(3,4)5/h8-9,11-13H,2-7,10H2,1H3;(H,2,3,4,5)/q+1;/p-1/t12-;/m0./s1. The Bertz CT molecular complexity index is 369. The average Bonchev–Trinajstić information content (AvgIpc) is 2.96. The fourth-order valence-corrected chi connectivity index (χ4v) is 2.19. The highest BCUT2D eigenvalue weighted by Crippen LogP contribution is 2.04. The predicted octanol–water partition coefficient (Wildman–Crippen LogP) is -3.43. The lowest BCUT2D eigenvalue weighted by Crippen LogP contribution is -2.68. The van der Waals surface area contributed by atoms with Crippen LogP contribution in [0.4, 0.5) is 0 Å². The Hall–Kier alpha value is -0.700. The minimum Gasteiger partial charge on any atom is -0.310 e. The van der Waals surface area contributed by atoms with Crippen molar-refractivity contribution in [2.24, 2.45) is 0 Å². The van der Waals surface area contributed by atoms with Gasteiger partial charge in [-0.1, -0.05) is 13.3 Å². The highest BCUT2D eigenvalue weighted by molar-refractivity contribution is 4.72. The third kappa shape index (κ3) is 8.47. The molecular weight excluding hydrogens is 286 g/mol. The lowest BCUT2D eigenvalue weighted by molar-refractivity contribution is -2.00. The van der Waals surface area contributed by atoms with E-state index in [2.05, 4.69) is 40.1 Å². The molecule has 0 aliphatic carbocycles. The molecule has 1 aliphatic rings. The number of rotatable bonds is 5. The highest BCUT2D eigenvalue weighted by Gasteiger charge is 2.16. The molecule has 1 aliphatic heterocycles. The molecule has 0 amide bonds. The normalized spacial score (nSPS) is 18.8. The Morgan fingerprint density at radius 2 is 2.05 bits per heavy atom. The van der Waals surface area contributed by atoms with Gasteiger partial charge in [0.15, 0.2) is 0 Å². The van der Waals surface area contributed by atoms with E-state index in [1.165, 1.54) is 32.2 Å². The van der Waals surface area contributed by atoms with Gasteiger partial charge in [0.2, 0.25) is 6.33 Å². The average molecular weight is 308 g/mol. The first-order chi connectivity index (χ1) is 9.38. The van der Waals surface area contributed by atoms with Crippen LogP contribution in [-0.2, 0) is 13.1 Å². The van der Waals surface area contributed by atoms with Gasteiger partial charge in [-0.3, -0.25) is 0 Å². The second kappa shape index (κ2) is 8.56. The topological polar surface area (TPSA) is 113 Å². The fraction of sp³-hybridized carbons (Fsp3) is 0.750. The molecule has 8 heteroatoms. The van der Waals surface area contributed by atoms with E-state index < -0.39 is 10.2 Å². The number of hydrogen-bond donors (Lipinski definition) is 1. The molecule has 1 atom stereocenters. The maximum Gasteiger partial charge on any atom is 0.243 e. The zero-order chi connectivity index (χ0) is 15.0. The summed E-state index contributed by atoms with van der Waals surface area (Å²) in [5, 5.41) is 3.53. The van der Waals surface area contributed by atoms with Gasteiger partial charge in [-0.2, -0.15) is 0 Å². The van der Waals surface area contributed by atoms with Crippen LogP contribution in [0, 0.1) is 10.2 Å². The van der Waals surface area contributed by atoms with Crippen LogP contribution in [-0.4, -0.2) is 17.2 Å². The van der Waals surface area contributed by atoms with Crippen LogP contribution < -0.4 is 28.5 Å². The molecule has 7 nitrogen and oxygen atoms in total. The molecule has 2 rings (SSSR count). The molecule has 0 unspecified atom stereocenters. The van der Waals surface area contributed by atoms with Gasteiger partial charge < -0.3 is 5.32 Å². The molecule has 0 bridgehead atoms. The van der Waals surface area contributed by atoms with Crippen molar-refractivity contribution >= 4 is 0 Å². The molecule has 0 aromatic carbocycles. The Balaban J connectivity index is 0.000000347. The molecule has 0 spiro atoms. The minimum absolute atomic E-state index is 0.692. The molecule has 20 heavy (non-hydrogen) atoms. The maximum absolute atomic E-state index is 8.49. The smallest absolute Gasteiger partial charge is 0.243 e. The molecule has 0 saturated carbocycles. The van der Waals surface area contributed by atoms with Gasteiger partial charge >= 0.3 is 0 Å². The van der Waals surface area contributed by atoms with Crippen molar-refractivity contribution in [2.45, 2.75) is 51.7 Å². The summed E-state index contributed by atoms with van der Waals surface area (Å²) in [6.45, 7) is 5.71. The monoisotopic (exact) mass is 307 g/mol. The van der Waals surface area contributed by atoms with Crippen LogP contribution in [0.1, 0.15) is 32.6 Å². The SMILES string of the molecule is CCCCn1cc[n+](C[C@@H]2CCCN2)c1.[O-][Cl+3]([O-])([O-])[O-]. The summed E-state index contributed by atoms with van der Waals surface area (Å²) in [6, 6.07) is 0.692. The van der Waals surface area contributed by atoms with Crippen molar-refractivity contribution in [2.75, 3.05) is 6.54 Å². The molecule has 1 aromatic rings. The first-order valence-electron chi connectivity index (χ1n) is 6.78. The summed E-state index contributed by atoms with van der Waals surface area (Å²) in [5.74, 6) is 0. The van der Waals surface area contributed by atoms with Gasteiger partial charge in [-0.15, -0.1) is 10.2 Å². The van der Waals surface area contributed by atoms with Crippen molar-refractivity contribution in [1.29, 1.82) is 0 Å². The third-order valence-electron chi connectivity index (χ3n) is 3.11. The number of halogens is 1. The first kappa shape index (κ1) is 17.4. The zero-order valence-corrected chi connectivity index (χ0v) is 12.4. The molecule has 1 aromatic heterocycles. The predicted molar refractivity (Wildman–Crippen MR) is 60.6 cm³/mol. The molecule has 1 fully saturated rings. The number of aromatic nitrogens is 2. The number of nitrogens with one attached hydrogen (secondary N) is 1. The molecular formula is C12H22ClN3O4. The molecule has 1 saturated heterocycles. The van der Waals surface area contributed by atoms with Crippen molar-refractivity contribution in [3.63, 3.8) is 0 Å². The number of nitrogens with zero attached hydrogens (tertiary/aromatic N) is 2. The number of hydrogen-bond acceptors (Lipinski definition) is 5. The van der Waals surface area contributed by atoms with Gasteiger partial charge in [-0.25, -0.2) is 27.8 Å². The largest absolute Gasteiger partial charge is 0.310 e. The Labute approximate surface area is 121 Å². The van der Waals surface area contributed by atoms with Gasteiger partial charge in [0, 0.05) is 6.04 Å². The fourth-order valence-electron chi connectivity index (χ4n) is 2.19. The zero-order valence-electron chi connectivity index (χ0n) is 11.7. The number of unbranched alkanes of at least 4 members (excludes halogenated alkanes) is 1. The van der Waals surface area contributed by atoms with Gasteiger partial charge in [0.1, 0.15) is 18.9 Å².